The molecule has 2 aliphatic rings. The third-order valence-electron chi connectivity index (χ3n) is 5.06. The van der Waals surface area contributed by atoms with Gasteiger partial charge < -0.3 is 10.2 Å². The van der Waals surface area contributed by atoms with Gasteiger partial charge in [0.25, 0.3) is 11.8 Å². The molecule has 0 aromatic carbocycles. The van der Waals surface area contributed by atoms with Crippen LogP contribution in [0.15, 0.2) is 46.8 Å². The lowest BCUT2D eigenvalue weighted by Crippen LogP contribution is -2.41. The summed E-state index contributed by atoms with van der Waals surface area (Å²) in [5.41, 5.74) is 1.91. The second-order valence-electron chi connectivity index (χ2n) is 7.43. The number of rotatable bonds is 5. The molecule has 0 aromatic heterocycles. The highest BCUT2D eigenvalue weighted by atomic mass is 16.2. The van der Waals surface area contributed by atoms with Crippen LogP contribution in [0.1, 0.15) is 46.0 Å². The number of allylic oxidation sites excluding steroid dienone is 3. The molecule has 150 valence electrons. The molecule has 1 aliphatic heterocycles. The van der Waals surface area contributed by atoms with Crippen molar-refractivity contribution in [3.63, 3.8) is 0 Å². The number of hydrogen-bond acceptors (Lipinski definition) is 4. The van der Waals surface area contributed by atoms with Gasteiger partial charge in [-0.25, -0.2) is 0 Å². The predicted molar refractivity (Wildman–Crippen MR) is 110 cm³/mol. The lowest BCUT2D eigenvalue weighted by Gasteiger charge is -2.28. The van der Waals surface area contributed by atoms with Crippen molar-refractivity contribution in [2.75, 3.05) is 20.6 Å². The van der Waals surface area contributed by atoms with Crippen LogP contribution in [-0.4, -0.2) is 48.3 Å². The average Bonchev–Trinajstić information content (AvgIpc) is 2.68. The minimum absolute atomic E-state index is 0.0999. The number of carbonyl (C=O) groups excluding carboxylic acids is 2. The Morgan fingerprint density at radius 1 is 1.29 bits per heavy atom. The first kappa shape index (κ1) is 21.6. The van der Waals surface area contributed by atoms with E-state index >= 15 is 0 Å². The number of nitriles is 1. The Labute approximate surface area is 167 Å². The van der Waals surface area contributed by atoms with Gasteiger partial charge in [0, 0.05) is 18.8 Å². The van der Waals surface area contributed by atoms with Crippen LogP contribution < -0.4 is 5.32 Å². The topological polar surface area (TPSA) is 76.4 Å². The normalized spacial score (nSPS) is 19.9. The van der Waals surface area contributed by atoms with Crippen molar-refractivity contribution in [1.82, 2.24) is 15.1 Å². The van der Waals surface area contributed by atoms with Crippen LogP contribution in [0.5, 0.6) is 0 Å². The number of likely N-dealkylation sites (N-methyl/N-ethyl adjacent to an activating group) is 1. The van der Waals surface area contributed by atoms with Crippen molar-refractivity contribution in [2.24, 2.45) is 0 Å². The lowest BCUT2D eigenvalue weighted by molar-refractivity contribution is -0.127. The zero-order valence-corrected chi connectivity index (χ0v) is 17.3. The van der Waals surface area contributed by atoms with Crippen molar-refractivity contribution in [1.29, 1.82) is 5.26 Å². The highest BCUT2D eigenvalue weighted by molar-refractivity contribution is 6.19. The van der Waals surface area contributed by atoms with E-state index in [1.807, 2.05) is 19.0 Å². The number of carbonyl (C=O) groups is 2. The van der Waals surface area contributed by atoms with Crippen molar-refractivity contribution >= 4 is 11.8 Å². The zero-order chi connectivity index (χ0) is 20.7. The van der Waals surface area contributed by atoms with Crippen molar-refractivity contribution in [2.45, 2.75) is 52.0 Å². The third kappa shape index (κ3) is 4.99. The molecule has 0 aromatic rings. The lowest BCUT2D eigenvalue weighted by atomic mass is 9.95. The molecule has 2 amide bonds. The molecule has 0 unspecified atom stereocenters. The van der Waals surface area contributed by atoms with E-state index in [2.05, 4.69) is 11.4 Å². The molecule has 2 rings (SSSR count). The van der Waals surface area contributed by atoms with Crippen molar-refractivity contribution < 1.29 is 9.59 Å². The first-order valence-electron chi connectivity index (χ1n) is 9.86. The molecule has 1 fully saturated rings. The van der Waals surface area contributed by atoms with Crippen LogP contribution in [0.25, 0.3) is 0 Å². The number of amides is 2. The molecule has 1 aliphatic carbocycles. The number of nitrogens with zero attached hydrogens (tertiary/aromatic N) is 3. The van der Waals surface area contributed by atoms with Crippen LogP contribution in [-0.2, 0) is 9.59 Å². The van der Waals surface area contributed by atoms with E-state index in [1.165, 1.54) is 11.3 Å². The summed E-state index contributed by atoms with van der Waals surface area (Å²) in [7, 11) is 3.85. The van der Waals surface area contributed by atoms with Gasteiger partial charge in [0.15, 0.2) is 0 Å². The number of hydrogen-bond donors (Lipinski definition) is 1. The van der Waals surface area contributed by atoms with Crippen molar-refractivity contribution in [3.05, 3.63) is 46.8 Å². The van der Waals surface area contributed by atoms with Gasteiger partial charge in [-0.1, -0.05) is 31.4 Å². The fourth-order valence-corrected chi connectivity index (χ4v) is 3.67. The second kappa shape index (κ2) is 10.0. The van der Waals surface area contributed by atoms with Crippen LogP contribution in [0.3, 0.4) is 0 Å². The summed E-state index contributed by atoms with van der Waals surface area (Å²) in [6, 6.07) is 2.34. The fourth-order valence-electron chi connectivity index (χ4n) is 3.67. The summed E-state index contributed by atoms with van der Waals surface area (Å²) in [6.45, 7) is 4.07. The molecule has 6 nitrogen and oxygen atoms in total. The van der Waals surface area contributed by atoms with Gasteiger partial charge in [-0.05, 0) is 52.4 Å². The Kier molecular flexibility index (Phi) is 7.77. The summed E-state index contributed by atoms with van der Waals surface area (Å²) in [5.74, 6) is -0.762. The highest BCUT2D eigenvalue weighted by Crippen LogP contribution is 2.27. The molecule has 6 heteroatoms. The molecular formula is C22H30N4O2. The van der Waals surface area contributed by atoms with Gasteiger partial charge in [-0.3, -0.25) is 14.5 Å². The summed E-state index contributed by atoms with van der Waals surface area (Å²) >= 11 is 0. The first-order chi connectivity index (χ1) is 13.4. The molecule has 28 heavy (non-hydrogen) atoms. The van der Waals surface area contributed by atoms with Gasteiger partial charge in [-0.2, -0.15) is 5.26 Å². The summed E-state index contributed by atoms with van der Waals surface area (Å²) in [6.07, 6.45) is 12.0. The second-order valence-corrected chi connectivity index (χ2v) is 7.43. The largest absolute Gasteiger partial charge is 0.349 e. The van der Waals surface area contributed by atoms with Crippen molar-refractivity contribution in [3.8, 4) is 6.07 Å². The fraction of sp³-hybridized carbons (Fsp3) is 0.500. The zero-order valence-electron chi connectivity index (χ0n) is 17.3. The third-order valence-corrected chi connectivity index (χ3v) is 5.06. The van der Waals surface area contributed by atoms with Gasteiger partial charge in [0.05, 0.1) is 11.3 Å². The Balaban J connectivity index is 2.22. The summed E-state index contributed by atoms with van der Waals surface area (Å²) in [4.78, 5) is 29.2. The SMILES string of the molecule is C/C=C(/C(=O)NC1CCCCC1)C(=O)N1C=CC(CN(C)C)=C(C#N)/C1=C\C. The van der Waals surface area contributed by atoms with E-state index in [0.29, 0.717) is 17.8 Å². The Bertz CT molecular complexity index is 775. The standard InChI is InChI=1S/C22H30N4O2/c1-5-18(21(27)24-17-10-8-7-9-11-17)22(28)26-13-12-16(15-25(3)4)19(14-23)20(26)6-2/h5-6,12-13,17H,7-11,15H2,1-4H3,(H,24,27)/b18-5-,20-6+. The van der Waals surface area contributed by atoms with Gasteiger partial charge in [0.2, 0.25) is 0 Å². The van der Waals surface area contributed by atoms with E-state index in [0.717, 1.165) is 31.3 Å². The number of nitrogens with one attached hydrogen (secondary N) is 1. The maximum atomic E-state index is 13.1. The van der Waals surface area contributed by atoms with E-state index in [1.54, 1.807) is 38.3 Å². The molecule has 1 N–H and O–H groups in total. The molecule has 0 radical (unpaired) electrons. The molecule has 1 heterocycles. The maximum Gasteiger partial charge on any atom is 0.267 e. The molecule has 1 saturated carbocycles. The van der Waals surface area contributed by atoms with Gasteiger partial charge in [-0.15, -0.1) is 0 Å². The highest BCUT2D eigenvalue weighted by Gasteiger charge is 2.30. The predicted octanol–water partition coefficient (Wildman–Crippen LogP) is 3.02. The molecule has 0 spiro atoms. The van der Waals surface area contributed by atoms with Gasteiger partial charge >= 0.3 is 0 Å². The Hall–Kier alpha value is -2.65. The van der Waals surface area contributed by atoms with E-state index in [-0.39, 0.29) is 17.5 Å². The monoisotopic (exact) mass is 382 g/mol. The first-order valence-corrected chi connectivity index (χ1v) is 9.86. The van der Waals surface area contributed by atoms with E-state index in [9.17, 15) is 14.9 Å². The minimum Gasteiger partial charge on any atom is -0.349 e. The van der Waals surface area contributed by atoms with Gasteiger partial charge in [0.1, 0.15) is 11.6 Å². The summed E-state index contributed by atoms with van der Waals surface area (Å²) in [5, 5.41) is 12.7. The van der Waals surface area contributed by atoms with E-state index in [4.69, 9.17) is 0 Å². The molecular weight excluding hydrogens is 352 g/mol. The van der Waals surface area contributed by atoms with Crippen LogP contribution >= 0.6 is 0 Å². The van der Waals surface area contributed by atoms with Crippen LogP contribution in [0.4, 0.5) is 0 Å². The van der Waals surface area contributed by atoms with Crippen LogP contribution in [0, 0.1) is 11.3 Å². The molecule has 0 atom stereocenters. The minimum atomic E-state index is -0.420. The van der Waals surface area contributed by atoms with Crippen LogP contribution in [0.2, 0.25) is 0 Å². The molecule has 0 saturated heterocycles. The smallest absolute Gasteiger partial charge is 0.267 e. The molecule has 0 bridgehead atoms. The average molecular weight is 383 g/mol. The Morgan fingerprint density at radius 2 is 1.96 bits per heavy atom. The summed E-state index contributed by atoms with van der Waals surface area (Å²) < 4.78 is 0. The Morgan fingerprint density at radius 3 is 2.50 bits per heavy atom. The maximum absolute atomic E-state index is 13.1. The van der Waals surface area contributed by atoms with E-state index < -0.39 is 5.91 Å². The quantitative estimate of drug-likeness (QED) is 0.450.